The van der Waals surface area contributed by atoms with Gasteiger partial charge in [-0.1, -0.05) is 95.9 Å². The number of hydrogen-bond acceptors (Lipinski definition) is 0. The first kappa shape index (κ1) is 21.7. The van der Waals surface area contributed by atoms with Gasteiger partial charge < -0.3 is 0 Å². The highest BCUT2D eigenvalue weighted by atomic mass is 14.9. The summed E-state index contributed by atoms with van der Waals surface area (Å²) in [6.07, 6.45) is 20.9. The average Bonchev–Trinajstić information content (AvgIpc) is 2.71. The van der Waals surface area contributed by atoms with Crippen molar-refractivity contribution in [2.24, 2.45) is 0 Å². The van der Waals surface area contributed by atoms with E-state index in [-0.39, 0.29) is 0 Å². The van der Waals surface area contributed by atoms with Crippen LogP contribution in [0.3, 0.4) is 0 Å². The molecule has 0 spiro atoms. The molecule has 0 atom stereocenters. The van der Waals surface area contributed by atoms with Crippen LogP contribution in [0.1, 0.15) is 94.7 Å². The van der Waals surface area contributed by atoms with Crippen molar-refractivity contribution in [2.45, 2.75) is 97.4 Å². The van der Waals surface area contributed by atoms with E-state index in [1.807, 2.05) is 0 Å². The van der Waals surface area contributed by atoms with Crippen molar-refractivity contribution in [2.75, 3.05) is 0 Å². The lowest BCUT2D eigenvalue weighted by Crippen LogP contribution is -2.33. The van der Waals surface area contributed by atoms with Gasteiger partial charge in [-0.25, -0.2) is 4.57 Å². The van der Waals surface area contributed by atoms with Gasteiger partial charge in [-0.2, -0.15) is 0 Å². The van der Waals surface area contributed by atoms with E-state index in [4.69, 9.17) is 0 Å². The summed E-state index contributed by atoms with van der Waals surface area (Å²) < 4.78 is 2.29. The predicted octanol–water partition coefficient (Wildman–Crippen LogP) is 7.05. The van der Waals surface area contributed by atoms with E-state index in [9.17, 15) is 0 Å². The molecule has 0 aliphatic heterocycles. The zero-order valence-corrected chi connectivity index (χ0v) is 17.8. The van der Waals surface area contributed by atoms with Gasteiger partial charge in [0, 0.05) is 17.2 Å². The summed E-state index contributed by atoms with van der Waals surface area (Å²) >= 11 is 0. The van der Waals surface area contributed by atoms with Crippen LogP contribution in [0.5, 0.6) is 0 Å². The standard InChI is InChI=1S/C26H40N/c1-3-5-6-7-8-9-10-11-12-13-15-25-17-19-26(20-18-25)23-27-21-14-16-24(4-2)22-27/h14,16-22H,3-13,15,23H2,1-2H3/q+1. The van der Waals surface area contributed by atoms with Crippen LogP contribution in [0.2, 0.25) is 0 Å². The quantitative estimate of drug-likeness (QED) is 0.249. The maximum absolute atomic E-state index is 2.33. The molecule has 0 N–H and O–H groups in total. The maximum atomic E-state index is 2.33. The van der Waals surface area contributed by atoms with Crippen LogP contribution in [0, 0.1) is 0 Å². The Bertz CT molecular complexity index is 614. The van der Waals surface area contributed by atoms with Crippen molar-refractivity contribution in [3.63, 3.8) is 0 Å². The fraction of sp³-hybridized carbons (Fsp3) is 0.577. The van der Waals surface area contributed by atoms with Gasteiger partial charge in [0.05, 0.1) is 0 Å². The second kappa shape index (κ2) is 13.5. The van der Waals surface area contributed by atoms with Crippen LogP contribution in [-0.4, -0.2) is 0 Å². The molecule has 0 aliphatic rings. The molecule has 0 saturated heterocycles. The van der Waals surface area contributed by atoms with Gasteiger partial charge in [0.25, 0.3) is 0 Å². The van der Waals surface area contributed by atoms with Crippen molar-refractivity contribution in [3.05, 3.63) is 65.5 Å². The number of nitrogens with zero attached hydrogens (tertiary/aromatic N) is 1. The van der Waals surface area contributed by atoms with Gasteiger partial charge in [-0.3, -0.25) is 0 Å². The van der Waals surface area contributed by atoms with Crippen LogP contribution >= 0.6 is 0 Å². The summed E-state index contributed by atoms with van der Waals surface area (Å²) in [6, 6.07) is 13.6. The molecule has 0 saturated carbocycles. The number of pyridine rings is 1. The van der Waals surface area contributed by atoms with Gasteiger partial charge >= 0.3 is 0 Å². The lowest BCUT2D eigenvalue weighted by atomic mass is 10.0. The molecular formula is C26H40N+. The second-order valence-corrected chi connectivity index (χ2v) is 7.99. The van der Waals surface area contributed by atoms with Gasteiger partial charge in [-0.15, -0.1) is 0 Å². The SMILES string of the molecule is CCCCCCCCCCCCc1ccc(C[n+]2cccc(CC)c2)cc1. The van der Waals surface area contributed by atoms with Crippen LogP contribution in [0.15, 0.2) is 48.8 Å². The number of benzene rings is 1. The molecule has 0 radical (unpaired) electrons. The molecule has 1 heteroatoms. The van der Waals surface area contributed by atoms with Crippen LogP contribution in [-0.2, 0) is 19.4 Å². The number of hydrogen-bond donors (Lipinski definition) is 0. The highest BCUT2D eigenvalue weighted by Gasteiger charge is 2.04. The summed E-state index contributed by atoms with van der Waals surface area (Å²) in [7, 11) is 0. The number of aryl methyl sites for hydroxylation is 2. The summed E-state index contributed by atoms with van der Waals surface area (Å²) in [4.78, 5) is 0. The number of rotatable bonds is 14. The minimum atomic E-state index is 0.965. The Hall–Kier alpha value is -1.63. The second-order valence-electron chi connectivity index (χ2n) is 7.99. The van der Waals surface area contributed by atoms with Crippen molar-refractivity contribution in [1.82, 2.24) is 0 Å². The molecule has 0 unspecified atom stereocenters. The van der Waals surface area contributed by atoms with Crippen LogP contribution in [0.4, 0.5) is 0 Å². The van der Waals surface area contributed by atoms with E-state index in [0.717, 1.165) is 13.0 Å². The lowest BCUT2D eigenvalue weighted by molar-refractivity contribution is -0.688. The lowest BCUT2D eigenvalue weighted by Gasteiger charge is -2.04. The first-order valence-corrected chi connectivity index (χ1v) is 11.4. The van der Waals surface area contributed by atoms with E-state index in [2.05, 4.69) is 67.2 Å². The molecule has 1 nitrogen and oxygen atoms in total. The molecule has 1 aromatic carbocycles. The fourth-order valence-corrected chi connectivity index (χ4v) is 3.72. The molecule has 2 rings (SSSR count). The van der Waals surface area contributed by atoms with Crippen molar-refractivity contribution in [3.8, 4) is 0 Å². The number of unbranched alkanes of at least 4 members (excludes halogenated alkanes) is 9. The zero-order valence-electron chi connectivity index (χ0n) is 17.8. The van der Waals surface area contributed by atoms with Crippen molar-refractivity contribution < 1.29 is 4.57 Å². The van der Waals surface area contributed by atoms with E-state index in [0.29, 0.717) is 0 Å². The minimum Gasteiger partial charge on any atom is -0.201 e. The normalized spacial score (nSPS) is 11.0. The van der Waals surface area contributed by atoms with E-state index < -0.39 is 0 Å². The van der Waals surface area contributed by atoms with E-state index in [1.165, 1.54) is 87.3 Å². The van der Waals surface area contributed by atoms with Gasteiger partial charge in [0.2, 0.25) is 0 Å². The highest BCUT2D eigenvalue weighted by molar-refractivity contribution is 5.22. The summed E-state index contributed by atoms with van der Waals surface area (Å²) in [5.41, 5.74) is 4.28. The first-order chi connectivity index (χ1) is 13.3. The topological polar surface area (TPSA) is 3.88 Å². The summed E-state index contributed by atoms with van der Waals surface area (Å²) in [6.45, 7) is 5.46. The van der Waals surface area contributed by atoms with Gasteiger partial charge in [-0.05, 0) is 30.9 Å². The third-order valence-corrected chi connectivity index (χ3v) is 5.53. The first-order valence-electron chi connectivity index (χ1n) is 11.4. The highest BCUT2D eigenvalue weighted by Crippen LogP contribution is 2.13. The molecule has 0 amide bonds. The Morgan fingerprint density at radius 3 is 1.85 bits per heavy atom. The fourth-order valence-electron chi connectivity index (χ4n) is 3.72. The van der Waals surface area contributed by atoms with Crippen molar-refractivity contribution in [1.29, 1.82) is 0 Å². The molecule has 1 aromatic heterocycles. The summed E-state index contributed by atoms with van der Waals surface area (Å²) in [5, 5.41) is 0. The predicted molar refractivity (Wildman–Crippen MR) is 117 cm³/mol. The number of aromatic nitrogens is 1. The zero-order chi connectivity index (χ0) is 19.2. The Morgan fingerprint density at radius 2 is 1.22 bits per heavy atom. The van der Waals surface area contributed by atoms with E-state index >= 15 is 0 Å². The summed E-state index contributed by atoms with van der Waals surface area (Å²) in [5.74, 6) is 0. The Kier molecular flexibility index (Phi) is 10.9. The largest absolute Gasteiger partial charge is 0.201 e. The maximum Gasteiger partial charge on any atom is 0.173 e. The molecule has 0 fully saturated rings. The van der Waals surface area contributed by atoms with Gasteiger partial charge in [0.1, 0.15) is 0 Å². The Labute approximate surface area is 167 Å². The molecule has 0 aliphatic carbocycles. The third kappa shape index (κ3) is 9.22. The smallest absolute Gasteiger partial charge is 0.173 e. The van der Waals surface area contributed by atoms with Gasteiger partial charge in [0.15, 0.2) is 18.9 Å². The third-order valence-electron chi connectivity index (χ3n) is 5.53. The minimum absolute atomic E-state index is 0.965. The molecule has 1 heterocycles. The molecule has 148 valence electrons. The Morgan fingerprint density at radius 1 is 0.630 bits per heavy atom. The molecule has 2 aromatic rings. The molecule has 0 bridgehead atoms. The van der Waals surface area contributed by atoms with Crippen LogP contribution in [0.25, 0.3) is 0 Å². The molecule has 27 heavy (non-hydrogen) atoms. The van der Waals surface area contributed by atoms with E-state index in [1.54, 1.807) is 0 Å². The average molecular weight is 367 g/mol. The Balaban J connectivity index is 1.59. The van der Waals surface area contributed by atoms with Crippen LogP contribution < -0.4 is 4.57 Å². The van der Waals surface area contributed by atoms with Crippen molar-refractivity contribution >= 4 is 0 Å². The monoisotopic (exact) mass is 366 g/mol. The molecular weight excluding hydrogens is 326 g/mol.